The van der Waals surface area contributed by atoms with Gasteiger partial charge < -0.3 is 9.13 Å². The van der Waals surface area contributed by atoms with Gasteiger partial charge in [-0.25, -0.2) is 0 Å². The van der Waals surface area contributed by atoms with E-state index in [9.17, 15) is 0 Å². The van der Waals surface area contributed by atoms with E-state index in [1.54, 1.807) is 0 Å². The Kier molecular flexibility index (Phi) is 3.73. The normalized spacial score (nSPS) is 11.8. The third-order valence-electron chi connectivity index (χ3n) is 6.52. The van der Waals surface area contributed by atoms with E-state index in [-0.39, 0.29) is 0 Å². The number of rotatable bonds is 2. The van der Waals surface area contributed by atoms with E-state index in [0.717, 1.165) is 22.4 Å². The lowest BCUT2D eigenvalue weighted by Crippen LogP contribution is -2.00. The van der Waals surface area contributed by atoms with Crippen molar-refractivity contribution in [3.05, 3.63) is 109 Å². The number of hydrogen-bond acceptors (Lipinski definition) is 2. The first kappa shape index (κ1) is 18.2. The monoisotopic (exact) mass is 424 g/mol. The highest BCUT2D eigenvalue weighted by atomic mass is 15.0. The van der Waals surface area contributed by atoms with Crippen LogP contribution in [-0.2, 0) is 0 Å². The molecule has 0 aliphatic heterocycles. The summed E-state index contributed by atoms with van der Waals surface area (Å²) in [6.07, 6.45) is 7.65. The van der Waals surface area contributed by atoms with Crippen molar-refractivity contribution in [2.24, 2.45) is 0 Å². The van der Waals surface area contributed by atoms with Gasteiger partial charge in [0.15, 0.2) is 0 Å². The second-order valence-corrected chi connectivity index (χ2v) is 8.52. The maximum absolute atomic E-state index is 4.44. The summed E-state index contributed by atoms with van der Waals surface area (Å²) >= 11 is 0. The average molecular weight is 425 g/mol. The third-order valence-corrected chi connectivity index (χ3v) is 6.52. The van der Waals surface area contributed by atoms with Crippen LogP contribution < -0.4 is 0 Å². The van der Waals surface area contributed by atoms with Crippen molar-refractivity contribution in [2.45, 2.75) is 6.92 Å². The minimum Gasteiger partial charge on any atom is -0.308 e. The molecule has 4 nitrogen and oxygen atoms in total. The smallest absolute Gasteiger partial charge is 0.0724 e. The van der Waals surface area contributed by atoms with Crippen LogP contribution >= 0.6 is 0 Å². The Bertz CT molecular complexity index is 1600. The molecule has 4 aromatic heterocycles. The predicted octanol–water partition coefficient (Wildman–Crippen LogP) is 6.98. The summed E-state index contributed by atoms with van der Waals surface area (Å²) in [5.41, 5.74) is 8.03. The summed E-state index contributed by atoms with van der Waals surface area (Å²) in [6.45, 7) is 2.16. The number of para-hydroxylation sites is 2. The van der Waals surface area contributed by atoms with Crippen LogP contribution in [0, 0.1) is 6.92 Å². The van der Waals surface area contributed by atoms with E-state index in [2.05, 4.69) is 105 Å². The second kappa shape index (κ2) is 6.78. The van der Waals surface area contributed by atoms with Crippen molar-refractivity contribution >= 4 is 43.6 Å². The zero-order valence-corrected chi connectivity index (χ0v) is 18.1. The van der Waals surface area contributed by atoms with Crippen LogP contribution in [0.4, 0.5) is 0 Å². The fraction of sp³-hybridized carbons (Fsp3) is 0.0345. The summed E-state index contributed by atoms with van der Waals surface area (Å²) in [4.78, 5) is 8.87. The van der Waals surface area contributed by atoms with Gasteiger partial charge in [-0.2, -0.15) is 0 Å². The van der Waals surface area contributed by atoms with Crippen molar-refractivity contribution in [3.63, 3.8) is 0 Å². The molecule has 156 valence electrons. The molecule has 0 bridgehead atoms. The summed E-state index contributed by atoms with van der Waals surface area (Å²) in [5, 5.41) is 4.90. The minimum atomic E-state index is 1.11. The highest BCUT2D eigenvalue weighted by Gasteiger charge is 2.16. The first-order valence-electron chi connectivity index (χ1n) is 11.1. The van der Waals surface area contributed by atoms with Crippen molar-refractivity contribution in [3.8, 4) is 11.4 Å². The number of hydrogen-bond donors (Lipinski definition) is 0. The van der Waals surface area contributed by atoms with Crippen LogP contribution in [0.15, 0.2) is 104 Å². The highest BCUT2D eigenvalue weighted by molar-refractivity contribution is 6.10. The number of aryl methyl sites for hydroxylation is 1. The quantitative estimate of drug-likeness (QED) is 0.300. The Hall–Kier alpha value is -4.44. The van der Waals surface area contributed by atoms with Gasteiger partial charge in [-0.05, 0) is 55.0 Å². The molecule has 0 radical (unpaired) electrons. The van der Waals surface area contributed by atoms with Crippen LogP contribution in [0.3, 0.4) is 0 Å². The summed E-state index contributed by atoms with van der Waals surface area (Å²) in [6, 6.07) is 28.1. The topological polar surface area (TPSA) is 35.6 Å². The molecule has 0 saturated heterocycles. The molecule has 0 N–H and O–H groups in total. The van der Waals surface area contributed by atoms with Crippen LogP contribution in [0.5, 0.6) is 0 Å². The number of pyridine rings is 2. The predicted molar refractivity (Wildman–Crippen MR) is 135 cm³/mol. The standard InChI is InChI=1S/C29H20N4/c1-19-14-20(32-26-8-4-2-6-22(26)24-10-12-30-17-28(24)32)16-21(15-19)33-27-9-5-3-7-23(27)25-11-13-31-18-29(25)33/h2-18H,1H3. The molecule has 4 heteroatoms. The zero-order valence-electron chi connectivity index (χ0n) is 18.1. The van der Waals surface area contributed by atoms with E-state index in [1.807, 2.05) is 24.8 Å². The van der Waals surface area contributed by atoms with Gasteiger partial charge in [-0.3, -0.25) is 9.97 Å². The van der Waals surface area contributed by atoms with Gasteiger partial charge >= 0.3 is 0 Å². The molecule has 3 aromatic carbocycles. The largest absolute Gasteiger partial charge is 0.308 e. The number of benzene rings is 3. The molecule has 0 aliphatic rings. The lowest BCUT2D eigenvalue weighted by atomic mass is 10.1. The molecule has 4 heterocycles. The van der Waals surface area contributed by atoms with E-state index < -0.39 is 0 Å². The average Bonchev–Trinajstić information content (AvgIpc) is 3.37. The molecule has 7 aromatic rings. The molecule has 0 unspecified atom stereocenters. The van der Waals surface area contributed by atoms with Gasteiger partial charge in [0.1, 0.15) is 0 Å². The first-order chi connectivity index (χ1) is 16.3. The van der Waals surface area contributed by atoms with Gasteiger partial charge in [-0.15, -0.1) is 0 Å². The van der Waals surface area contributed by atoms with Gasteiger partial charge in [0.05, 0.1) is 34.5 Å². The third kappa shape index (κ3) is 2.58. The van der Waals surface area contributed by atoms with E-state index in [0.29, 0.717) is 0 Å². The Labute approximate surface area is 190 Å². The molecule has 7 rings (SSSR count). The lowest BCUT2D eigenvalue weighted by molar-refractivity contribution is 1.11. The van der Waals surface area contributed by atoms with Crippen LogP contribution in [0.25, 0.3) is 55.0 Å². The van der Waals surface area contributed by atoms with Crippen molar-refractivity contribution in [2.75, 3.05) is 0 Å². The van der Waals surface area contributed by atoms with Gasteiger partial charge in [0.25, 0.3) is 0 Å². The minimum absolute atomic E-state index is 1.11. The maximum Gasteiger partial charge on any atom is 0.0724 e. The second-order valence-electron chi connectivity index (χ2n) is 8.52. The summed E-state index contributed by atoms with van der Waals surface area (Å²) in [7, 11) is 0. The Balaban J connectivity index is 1.58. The number of nitrogens with zero attached hydrogens (tertiary/aromatic N) is 4. The zero-order chi connectivity index (χ0) is 21.9. The Morgan fingerprint density at radius 3 is 1.48 bits per heavy atom. The van der Waals surface area contributed by atoms with E-state index in [1.165, 1.54) is 38.1 Å². The molecule has 33 heavy (non-hydrogen) atoms. The number of fused-ring (bicyclic) bond motifs is 6. The number of aromatic nitrogens is 4. The molecular formula is C29H20N4. The van der Waals surface area contributed by atoms with E-state index >= 15 is 0 Å². The molecule has 0 aliphatic carbocycles. The molecule has 0 atom stereocenters. The lowest BCUT2D eigenvalue weighted by Gasteiger charge is -2.14. The first-order valence-corrected chi connectivity index (χ1v) is 11.1. The summed E-state index contributed by atoms with van der Waals surface area (Å²) in [5.74, 6) is 0. The maximum atomic E-state index is 4.44. The van der Waals surface area contributed by atoms with Crippen molar-refractivity contribution < 1.29 is 0 Å². The molecule has 0 saturated carbocycles. The Morgan fingerprint density at radius 2 is 0.970 bits per heavy atom. The highest BCUT2D eigenvalue weighted by Crippen LogP contribution is 2.35. The molecular weight excluding hydrogens is 404 g/mol. The molecule has 0 fully saturated rings. The molecule has 0 amide bonds. The SMILES string of the molecule is Cc1cc(-n2c3ccccc3c3ccncc32)cc(-n2c3ccccc3c3ccncc32)c1. The van der Waals surface area contributed by atoms with Crippen molar-refractivity contribution in [1.82, 2.24) is 19.1 Å². The van der Waals surface area contributed by atoms with Crippen LogP contribution in [0.1, 0.15) is 5.56 Å². The van der Waals surface area contributed by atoms with Gasteiger partial charge in [0, 0.05) is 45.3 Å². The Morgan fingerprint density at radius 1 is 0.515 bits per heavy atom. The summed E-state index contributed by atoms with van der Waals surface area (Å²) < 4.78 is 4.64. The van der Waals surface area contributed by atoms with E-state index in [4.69, 9.17) is 0 Å². The van der Waals surface area contributed by atoms with Crippen LogP contribution in [-0.4, -0.2) is 19.1 Å². The van der Waals surface area contributed by atoms with Crippen molar-refractivity contribution in [1.29, 1.82) is 0 Å². The molecule has 0 spiro atoms. The van der Waals surface area contributed by atoms with Gasteiger partial charge in [-0.1, -0.05) is 36.4 Å². The van der Waals surface area contributed by atoms with Crippen LogP contribution in [0.2, 0.25) is 0 Å². The van der Waals surface area contributed by atoms with Gasteiger partial charge in [0.2, 0.25) is 0 Å². The fourth-order valence-electron chi connectivity index (χ4n) is 5.19. The fourth-order valence-corrected chi connectivity index (χ4v) is 5.19.